The number of nitrogens with two attached hydrogens (primary N) is 1. The zero-order valence-corrected chi connectivity index (χ0v) is 16.9. The Kier molecular flexibility index (Phi) is 4.50. The number of nitriles is 1. The maximum Gasteiger partial charge on any atom is 0.162 e. The number of rotatable bonds is 2. The van der Waals surface area contributed by atoms with Crippen molar-refractivity contribution in [2.45, 2.75) is 39.5 Å². The first-order valence-electron chi connectivity index (χ1n) is 9.75. The second kappa shape index (κ2) is 6.89. The third kappa shape index (κ3) is 3.21. The molecule has 1 aliphatic carbocycles. The highest BCUT2D eigenvalue weighted by molar-refractivity contribution is 6.01. The van der Waals surface area contributed by atoms with Crippen molar-refractivity contribution in [2.75, 3.05) is 4.90 Å². The summed E-state index contributed by atoms with van der Waals surface area (Å²) in [4.78, 5) is 19.5. The third-order valence-corrected chi connectivity index (χ3v) is 5.66. The molecule has 1 aromatic carbocycles. The van der Waals surface area contributed by atoms with Gasteiger partial charge in [0.05, 0.1) is 17.6 Å². The predicted molar refractivity (Wildman–Crippen MR) is 113 cm³/mol. The molecule has 0 saturated carbocycles. The van der Waals surface area contributed by atoms with Crippen molar-refractivity contribution in [3.05, 3.63) is 82.6 Å². The molecule has 5 heteroatoms. The second-order valence-electron chi connectivity index (χ2n) is 8.61. The zero-order chi connectivity index (χ0) is 20.8. The minimum absolute atomic E-state index is 0.0722. The fraction of sp³-hybridized carbons (Fsp3) is 0.292. The van der Waals surface area contributed by atoms with Crippen molar-refractivity contribution in [1.29, 1.82) is 5.26 Å². The number of ketones is 1. The molecule has 0 amide bonds. The highest BCUT2D eigenvalue weighted by Gasteiger charge is 2.44. The van der Waals surface area contributed by atoms with Gasteiger partial charge in [-0.2, -0.15) is 5.26 Å². The first kappa shape index (κ1) is 18.9. The number of carbonyl (C=O) groups is 1. The van der Waals surface area contributed by atoms with Crippen molar-refractivity contribution < 1.29 is 4.79 Å². The molecule has 0 spiro atoms. The molecule has 0 saturated heterocycles. The lowest BCUT2D eigenvalue weighted by atomic mass is 9.68. The van der Waals surface area contributed by atoms with Crippen LogP contribution in [0.3, 0.4) is 0 Å². The molecule has 146 valence electrons. The van der Waals surface area contributed by atoms with Crippen LogP contribution in [-0.4, -0.2) is 10.8 Å². The number of hydrogen-bond acceptors (Lipinski definition) is 5. The molecule has 2 aromatic rings. The van der Waals surface area contributed by atoms with Crippen LogP contribution >= 0.6 is 0 Å². The topological polar surface area (TPSA) is 83.0 Å². The van der Waals surface area contributed by atoms with E-state index in [4.69, 9.17) is 5.73 Å². The normalized spacial score (nSPS) is 21.1. The van der Waals surface area contributed by atoms with Crippen LogP contribution in [0.5, 0.6) is 0 Å². The SMILES string of the molecule is Cc1cccc(N2C(N)=C(C#N)C(c3cccnc3)C3=C2CC(C)(C)CC3=O)c1. The summed E-state index contributed by atoms with van der Waals surface area (Å²) in [7, 11) is 0. The van der Waals surface area contributed by atoms with E-state index in [9.17, 15) is 10.1 Å². The van der Waals surface area contributed by atoms with E-state index in [0.717, 1.165) is 22.5 Å². The van der Waals surface area contributed by atoms with Gasteiger partial charge in [0.2, 0.25) is 0 Å². The van der Waals surface area contributed by atoms with E-state index in [1.54, 1.807) is 12.4 Å². The number of aryl methyl sites for hydroxylation is 1. The molecule has 2 heterocycles. The number of nitrogens with zero attached hydrogens (tertiary/aromatic N) is 3. The van der Waals surface area contributed by atoms with Crippen molar-refractivity contribution in [3.8, 4) is 6.07 Å². The molecule has 0 radical (unpaired) electrons. The Morgan fingerprint density at radius 3 is 2.69 bits per heavy atom. The Balaban J connectivity index is 2.01. The molecule has 4 rings (SSSR count). The van der Waals surface area contributed by atoms with Crippen molar-refractivity contribution in [1.82, 2.24) is 4.98 Å². The Bertz CT molecular complexity index is 1090. The molecule has 1 aliphatic heterocycles. The van der Waals surface area contributed by atoms with Crippen LogP contribution in [0.4, 0.5) is 5.69 Å². The maximum absolute atomic E-state index is 13.4. The monoisotopic (exact) mass is 384 g/mol. The summed E-state index contributed by atoms with van der Waals surface area (Å²) in [6.45, 7) is 6.21. The van der Waals surface area contributed by atoms with E-state index in [-0.39, 0.29) is 11.2 Å². The number of carbonyl (C=O) groups excluding carboxylic acids is 1. The van der Waals surface area contributed by atoms with Crippen LogP contribution in [0, 0.1) is 23.7 Å². The van der Waals surface area contributed by atoms with Crippen LogP contribution in [-0.2, 0) is 4.79 Å². The number of pyridine rings is 1. The van der Waals surface area contributed by atoms with Gasteiger partial charge in [0.1, 0.15) is 5.82 Å². The first-order chi connectivity index (χ1) is 13.8. The molecule has 5 nitrogen and oxygen atoms in total. The van der Waals surface area contributed by atoms with E-state index in [0.29, 0.717) is 29.8 Å². The standard InChI is InChI=1S/C24H24N4O/c1-15-6-4-8-17(10-15)28-19-11-24(2,3)12-20(29)22(19)21(18(13-25)23(28)26)16-7-5-9-27-14-16/h4-10,14,21H,11-12,26H2,1-3H3. The van der Waals surface area contributed by atoms with Gasteiger partial charge in [0.15, 0.2) is 5.78 Å². The van der Waals surface area contributed by atoms with Gasteiger partial charge in [0, 0.05) is 35.8 Å². The molecule has 29 heavy (non-hydrogen) atoms. The largest absolute Gasteiger partial charge is 0.384 e. The lowest BCUT2D eigenvalue weighted by Gasteiger charge is -2.43. The maximum atomic E-state index is 13.4. The van der Waals surface area contributed by atoms with Crippen LogP contribution in [0.1, 0.15) is 43.7 Å². The summed E-state index contributed by atoms with van der Waals surface area (Å²) < 4.78 is 0. The van der Waals surface area contributed by atoms with Crippen LogP contribution in [0.15, 0.2) is 71.5 Å². The van der Waals surface area contributed by atoms with E-state index in [1.807, 2.05) is 48.2 Å². The third-order valence-electron chi connectivity index (χ3n) is 5.66. The lowest BCUT2D eigenvalue weighted by Crippen LogP contribution is -2.42. The van der Waals surface area contributed by atoms with Gasteiger partial charge in [-0.15, -0.1) is 0 Å². The summed E-state index contributed by atoms with van der Waals surface area (Å²) >= 11 is 0. The number of hydrogen-bond donors (Lipinski definition) is 1. The molecule has 0 fully saturated rings. The summed E-state index contributed by atoms with van der Waals surface area (Å²) in [6, 6.07) is 14.0. The first-order valence-corrected chi connectivity index (χ1v) is 9.75. The van der Waals surface area contributed by atoms with E-state index < -0.39 is 5.92 Å². The molecule has 2 N–H and O–H groups in total. The quantitative estimate of drug-likeness (QED) is 0.833. The van der Waals surface area contributed by atoms with Gasteiger partial charge in [-0.3, -0.25) is 14.7 Å². The van der Waals surface area contributed by atoms with Crippen LogP contribution in [0.2, 0.25) is 0 Å². The fourth-order valence-corrected chi connectivity index (χ4v) is 4.45. The van der Waals surface area contributed by atoms with Gasteiger partial charge >= 0.3 is 0 Å². The Morgan fingerprint density at radius 1 is 1.24 bits per heavy atom. The van der Waals surface area contributed by atoms with E-state index >= 15 is 0 Å². The number of benzene rings is 1. The second-order valence-corrected chi connectivity index (χ2v) is 8.61. The van der Waals surface area contributed by atoms with Crippen molar-refractivity contribution >= 4 is 11.5 Å². The Morgan fingerprint density at radius 2 is 2.03 bits per heavy atom. The summed E-state index contributed by atoms with van der Waals surface area (Å²) in [5, 5.41) is 10.0. The molecule has 0 bridgehead atoms. The molecule has 2 aliphatic rings. The van der Waals surface area contributed by atoms with E-state index in [2.05, 4.69) is 24.9 Å². The predicted octanol–water partition coefficient (Wildman–Crippen LogP) is 4.33. The molecular formula is C24H24N4O. The van der Waals surface area contributed by atoms with Gasteiger partial charge in [-0.25, -0.2) is 0 Å². The minimum Gasteiger partial charge on any atom is -0.384 e. The number of allylic oxidation sites excluding steroid dienone is 3. The minimum atomic E-state index is -0.478. The van der Waals surface area contributed by atoms with Gasteiger partial charge < -0.3 is 5.73 Å². The smallest absolute Gasteiger partial charge is 0.162 e. The number of anilines is 1. The molecule has 1 aromatic heterocycles. The van der Waals surface area contributed by atoms with Gasteiger partial charge in [0.25, 0.3) is 0 Å². The number of Topliss-reactive ketones (excluding diaryl/α,β-unsaturated/α-hetero) is 1. The number of aromatic nitrogens is 1. The van der Waals surface area contributed by atoms with Crippen molar-refractivity contribution in [2.24, 2.45) is 11.1 Å². The average Bonchev–Trinajstić information content (AvgIpc) is 2.67. The summed E-state index contributed by atoms with van der Waals surface area (Å²) in [5.41, 5.74) is 11.2. The lowest BCUT2D eigenvalue weighted by molar-refractivity contribution is -0.118. The van der Waals surface area contributed by atoms with E-state index in [1.165, 1.54) is 0 Å². The van der Waals surface area contributed by atoms with Crippen molar-refractivity contribution in [3.63, 3.8) is 0 Å². The fourth-order valence-electron chi connectivity index (χ4n) is 4.45. The highest BCUT2D eigenvalue weighted by atomic mass is 16.1. The molecule has 1 atom stereocenters. The van der Waals surface area contributed by atoms with Crippen LogP contribution in [0.25, 0.3) is 0 Å². The van der Waals surface area contributed by atoms with Gasteiger partial charge in [-0.1, -0.05) is 32.0 Å². The Hall–Kier alpha value is -3.39. The Labute approximate surface area is 171 Å². The molecular weight excluding hydrogens is 360 g/mol. The van der Waals surface area contributed by atoms with Gasteiger partial charge in [-0.05, 0) is 48.1 Å². The summed E-state index contributed by atoms with van der Waals surface area (Å²) in [6.07, 6.45) is 4.56. The highest BCUT2D eigenvalue weighted by Crippen LogP contribution is 2.50. The summed E-state index contributed by atoms with van der Waals surface area (Å²) in [5.74, 6) is -0.0208. The molecule has 1 unspecified atom stereocenters. The zero-order valence-electron chi connectivity index (χ0n) is 16.9. The van der Waals surface area contributed by atoms with Crippen LogP contribution < -0.4 is 10.6 Å². The average molecular weight is 384 g/mol.